The van der Waals surface area contributed by atoms with E-state index < -0.39 is 23.8 Å². The molecule has 1 aliphatic heterocycles. The minimum Gasteiger partial charge on any atom is -0.439 e. The first-order valence-corrected chi connectivity index (χ1v) is 12.9. The zero-order valence-electron chi connectivity index (χ0n) is 19.1. The predicted molar refractivity (Wildman–Crippen MR) is 140 cm³/mol. The zero-order chi connectivity index (χ0) is 26.2. The molecule has 2 atom stereocenters. The highest BCUT2D eigenvalue weighted by Crippen LogP contribution is 2.48. The molecule has 2 aromatic carbocycles. The minimum absolute atomic E-state index is 0.105. The number of carbonyl (C=O) groups excluding carboxylic acids is 2. The van der Waals surface area contributed by atoms with Crippen LogP contribution >= 0.6 is 35.8 Å². The number of rotatable bonds is 6. The highest BCUT2D eigenvalue weighted by molar-refractivity contribution is 7.78. The molecule has 0 bridgehead atoms. The number of carbonyl (C=O) groups is 2. The van der Waals surface area contributed by atoms with E-state index in [1.807, 2.05) is 16.8 Å². The van der Waals surface area contributed by atoms with E-state index in [0.29, 0.717) is 21.8 Å². The van der Waals surface area contributed by atoms with Crippen LogP contribution in [-0.2, 0) is 15.1 Å². The van der Waals surface area contributed by atoms with Crippen LogP contribution in [-0.4, -0.2) is 21.0 Å². The second-order valence-corrected chi connectivity index (χ2v) is 10.0. The smallest absolute Gasteiger partial charge is 0.263 e. The Labute approximate surface area is 226 Å². The van der Waals surface area contributed by atoms with Crippen LogP contribution in [0.1, 0.15) is 41.1 Å². The summed E-state index contributed by atoms with van der Waals surface area (Å²) in [6.07, 6.45) is -2.75. The zero-order valence-corrected chi connectivity index (χ0v) is 21.5. The summed E-state index contributed by atoms with van der Waals surface area (Å²) in [5.41, 5.74) is -0.0711. The third-order valence-electron chi connectivity index (χ3n) is 6.26. The lowest BCUT2D eigenvalue weighted by atomic mass is 9.75. The predicted octanol–water partition coefficient (Wildman–Crippen LogP) is 7.20. The lowest BCUT2D eigenvalue weighted by Crippen LogP contribution is -2.54. The van der Waals surface area contributed by atoms with E-state index in [0.717, 1.165) is 0 Å². The van der Waals surface area contributed by atoms with Crippen LogP contribution in [0.15, 0.2) is 83.6 Å². The number of piperidine rings is 1. The van der Waals surface area contributed by atoms with Crippen molar-refractivity contribution in [3.63, 3.8) is 0 Å². The number of thiophene rings is 1. The van der Waals surface area contributed by atoms with Gasteiger partial charge in [-0.05, 0) is 52.2 Å². The van der Waals surface area contributed by atoms with E-state index in [-0.39, 0.29) is 29.4 Å². The number of pyridine rings is 1. The fourth-order valence-electron chi connectivity index (χ4n) is 4.50. The van der Waals surface area contributed by atoms with Crippen molar-refractivity contribution in [1.82, 2.24) is 9.29 Å². The van der Waals surface area contributed by atoms with Crippen LogP contribution < -0.4 is 4.74 Å². The van der Waals surface area contributed by atoms with Crippen molar-refractivity contribution in [1.29, 1.82) is 0 Å². The van der Waals surface area contributed by atoms with Crippen molar-refractivity contribution in [2.45, 2.75) is 24.3 Å². The van der Waals surface area contributed by atoms with Gasteiger partial charge in [-0.2, -0.15) is 11.3 Å². The van der Waals surface area contributed by atoms with Gasteiger partial charge in [-0.15, -0.1) is 0 Å². The fraction of sp³-hybridized carbons (Fsp3) is 0.148. The van der Waals surface area contributed by atoms with Gasteiger partial charge in [-0.3, -0.25) is 13.9 Å². The van der Waals surface area contributed by atoms with Crippen LogP contribution in [0.5, 0.6) is 11.6 Å². The van der Waals surface area contributed by atoms with Crippen molar-refractivity contribution in [3.05, 3.63) is 111 Å². The molecule has 2 unspecified atom stereocenters. The first-order chi connectivity index (χ1) is 17.8. The van der Waals surface area contributed by atoms with Crippen LogP contribution in [0.25, 0.3) is 0 Å². The maximum Gasteiger partial charge on any atom is 0.263 e. The van der Waals surface area contributed by atoms with Gasteiger partial charge in [0, 0.05) is 23.1 Å². The normalized spacial score (nSPS) is 19.9. The van der Waals surface area contributed by atoms with Crippen LogP contribution in [0.4, 0.5) is 8.78 Å². The SMILES string of the molecule is O=C1CC(c2ccsc2)(c2cccc(Oc3cccc(C(F)F)c3)n2)N(S)C(=O)C1c1ccccc1Cl. The second kappa shape index (κ2) is 10.2. The Morgan fingerprint density at radius 3 is 2.59 bits per heavy atom. The average Bonchev–Trinajstić information content (AvgIpc) is 3.43. The maximum atomic E-state index is 13.7. The molecule has 10 heteroatoms. The summed E-state index contributed by atoms with van der Waals surface area (Å²) in [7, 11) is 0. The molecule has 1 aliphatic rings. The van der Waals surface area contributed by atoms with Gasteiger partial charge in [0.15, 0.2) is 5.78 Å². The first kappa shape index (κ1) is 25.4. The molecule has 5 nitrogen and oxygen atoms in total. The van der Waals surface area contributed by atoms with Gasteiger partial charge in [0.05, 0.1) is 5.69 Å². The highest BCUT2D eigenvalue weighted by atomic mass is 35.5. The number of Topliss-reactive ketones (excluding diaryl/α,β-unsaturated/α-hetero) is 1. The number of alkyl halides is 2. The quantitative estimate of drug-likeness (QED) is 0.201. The number of nitrogens with zero attached hydrogens (tertiary/aromatic N) is 2. The summed E-state index contributed by atoms with van der Waals surface area (Å²) in [5.74, 6) is -1.66. The van der Waals surface area contributed by atoms with Gasteiger partial charge >= 0.3 is 0 Å². The number of aromatic nitrogens is 1. The lowest BCUT2D eigenvalue weighted by Gasteiger charge is -2.45. The van der Waals surface area contributed by atoms with Gasteiger partial charge in [-0.25, -0.2) is 13.8 Å². The van der Waals surface area contributed by atoms with Crippen molar-refractivity contribution >= 4 is 47.4 Å². The largest absolute Gasteiger partial charge is 0.439 e. The number of ether oxygens (including phenoxy) is 1. The molecule has 0 aliphatic carbocycles. The van der Waals surface area contributed by atoms with E-state index >= 15 is 0 Å². The van der Waals surface area contributed by atoms with Gasteiger partial charge < -0.3 is 4.74 Å². The molecule has 0 spiro atoms. The minimum atomic E-state index is -2.65. The molecule has 0 saturated carbocycles. The van der Waals surface area contributed by atoms with Crippen molar-refractivity contribution < 1.29 is 23.1 Å². The molecular weight excluding hydrogens is 538 g/mol. The van der Waals surface area contributed by atoms with Crippen LogP contribution in [0, 0.1) is 0 Å². The molecule has 1 amide bonds. The Hall–Kier alpha value is -3.27. The third-order valence-corrected chi connectivity index (χ3v) is 7.83. The third kappa shape index (κ3) is 4.63. The van der Waals surface area contributed by atoms with E-state index in [1.165, 1.54) is 33.8 Å². The molecule has 3 heterocycles. The van der Waals surface area contributed by atoms with Crippen LogP contribution in [0.3, 0.4) is 0 Å². The van der Waals surface area contributed by atoms with E-state index in [1.54, 1.807) is 48.5 Å². The summed E-state index contributed by atoms with van der Waals surface area (Å²) in [4.78, 5) is 31.9. The Balaban J connectivity index is 1.56. The summed E-state index contributed by atoms with van der Waals surface area (Å²) in [6.45, 7) is 0. The summed E-state index contributed by atoms with van der Waals surface area (Å²) in [5, 5.41) is 3.99. The molecule has 1 saturated heterocycles. The number of hydrogen-bond donors (Lipinski definition) is 1. The highest BCUT2D eigenvalue weighted by Gasteiger charge is 2.53. The van der Waals surface area contributed by atoms with Gasteiger partial charge in [0.1, 0.15) is 17.2 Å². The number of halogens is 3. The second-order valence-electron chi connectivity index (χ2n) is 8.46. The molecule has 2 aromatic heterocycles. The van der Waals surface area contributed by atoms with Crippen LogP contribution in [0.2, 0.25) is 5.02 Å². The number of hydrogen-bond acceptors (Lipinski definition) is 6. The van der Waals surface area contributed by atoms with Gasteiger partial charge in [0.25, 0.3) is 6.43 Å². The van der Waals surface area contributed by atoms with Gasteiger partial charge in [0.2, 0.25) is 11.8 Å². The first-order valence-electron chi connectivity index (χ1n) is 11.2. The van der Waals surface area contributed by atoms with E-state index in [4.69, 9.17) is 16.3 Å². The Morgan fingerprint density at radius 2 is 1.86 bits per heavy atom. The average molecular weight is 557 g/mol. The van der Waals surface area contributed by atoms with E-state index in [9.17, 15) is 18.4 Å². The number of thiol groups is 1. The Morgan fingerprint density at radius 1 is 1.08 bits per heavy atom. The summed E-state index contributed by atoms with van der Waals surface area (Å²) < 4.78 is 33.3. The molecule has 37 heavy (non-hydrogen) atoms. The molecular formula is C27H19ClF2N2O3S2. The van der Waals surface area contributed by atoms with Crippen molar-refractivity contribution in [3.8, 4) is 11.6 Å². The number of amides is 1. The lowest BCUT2D eigenvalue weighted by molar-refractivity contribution is -0.142. The van der Waals surface area contributed by atoms with Gasteiger partial charge in [-0.1, -0.05) is 60.8 Å². The molecule has 0 radical (unpaired) electrons. The molecule has 188 valence electrons. The standard InChI is InChI=1S/C27H19ClF2N2O3S2/c28-20-8-2-1-7-19(20)24-21(33)14-27(32(36)26(24)34,17-11-12-37-15-17)22-9-4-10-23(31-22)35-18-6-3-5-16(13-18)25(29)30/h1-13,15,24-25,36H,14H2. The monoisotopic (exact) mass is 556 g/mol. The Kier molecular flexibility index (Phi) is 7.02. The van der Waals surface area contributed by atoms with Crippen molar-refractivity contribution in [2.24, 2.45) is 0 Å². The molecule has 0 N–H and O–H groups in total. The fourth-order valence-corrected chi connectivity index (χ4v) is 5.87. The molecule has 5 rings (SSSR count). The summed E-state index contributed by atoms with van der Waals surface area (Å²) >= 11 is 12.4. The van der Waals surface area contributed by atoms with E-state index in [2.05, 4.69) is 17.8 Å². The number of ketones is 1. The topological polar surface area (TPSA) is 59.5 Å². The number of benzene rings is 2. The van der Waals surface area contributed by atoms with Crippen molar-refractivity contribution in [2.75, 3.05) is 0 Å². The molecule has 4 aromatic rings. The molecule has 1 fully saturated rings. The maximum absolute atomic E-state index is 13.7. The summed E-state index contributed by atoms with van der Waals surface area (Å²) in [6, 6.07) is 19.0. The Bertz CT molecular complexity index is 1470.